The first-order valence-corrected chi connectivity index (χ1v) is 5.27. The maximum atomic E-state index is 13.0. The number of nitrogens with zero attached hydrogens (tertiary/aromatic N) is 1. The quantitative estimate of drug-likeness (QED) is 0.856. The predicted molar refractivity (Wildman–Crippen MR) is 63.6 cm³/mol. The number of aryl methyl sites for hydroxylation is 1. The number of aromatic nitrogens is 2. The van der Waals surface area contributed by atoms with Gasteiger partial charge in [0.05, 0.1) is 31.4 Å². The molecule has 1 aromatic heterocycles. The van der Waals surface area contributed by atoms with Crippen LogP contribution in [0.25, 0.3) is 0 Å². The summed E-state index contributed by atoms with van der Waals surface area (Å²) >= 11 is 0. The molecule has 0 fully saturated rings. The Labute approximate surface area is 98.8 Å². The van der Waals surface area contributed by atoms with E-state index in [0.29, 0.717) is 12.3 Å². The van der Waals surface area contributed by atoms with Gasteiger partial charge in [-0.2, -0.15) is 0 Å². The summed E-state index contributed by atoms with van der Waals surface area (Å²) in [4.78, 5) is 7.17. The van der Waals surface area contributed by atoms with E-state index in [1.165, 1.54) is 19.2 Å². The van der Waals surface area contributed by atoms with Gasteiger partial charge in [-0.1, -0.05) is 0 Å². The van der Waals surface area contributed by atoms with Crippen molar-refractivity contribution in [2.24, 2.45) is 0 Å². The average Bonchev–Trinajstić information content (AvgIpc) is 2.73. The van der Waals surface area contributed by atoms with Crippen molar-refractivity contribution < 1.29 is 9.13 Å². The van der Waals surface area contributed by atoms with Crippen molar-refractivity contribution in [2.75, 3.05) is 12.4 Å². The van der Waals surface area contributed by atoms with Gasteiger partial charge < -0.3 is 15.0 Å². The second kappa shape index (κ2) is 4.86. The van der Waals surface area contributed by atoms with E-state index in [9.17, 15) is 4.39 Å². The lowest BCUT2D eigenvalue weighted by molar-refractivity contribution is 0.413. The minimum Gasteiger partial charge on any atom is -0.494 e. The molecule has 90 valence electrons. The summed E-state index contributed by atoms with van der Waals surface area (Å²) in [5.74, 6) is 0.168. The lowest BCUT2D eigenvalue weighted by atomic mass is 10.2. The van der Waals surface area contributed by atoms with Crippen molar-refractivity contribution in [3.8, 4) is 5.75 Å². The molecule has 17 heavy (non-hydrogen) atoms. The SMILES string of the molecule is COc1cc(F)ccc1NCc1nc[nH]c1C. The number of halogens is 1. The molecule has 0 aliphatic rings. The summed E-state index contributed by atoms with van der Waals surface area (Å²) in [6.45, 7) is 2.52. The molecule has 0 amide bonds. The number of rotatable bonds is 4. The second-order valence-corrected chi connectivity index (χ2v) is 3.67. The first kappa shape index (κ1) is 11.4. The largest absolute Gasteiger partial charge is 0.494 e. The number of nitrogens with one attached hydrogen (secondary N) is 2. The first-order valence-electron chi connectivity index (χ1n) is 5.27. The van der Waals surface area contributed by atoms with Crippen molar-refractivity contribution in [1.29, 1.82) is 0 Å². The number of methoxy groups -OCH3 is 1. The maximum Gasteiger partial charge on any atom is 0.144 e. The molecular weight excluding hydrogens is 221 g/mol. The zero-order chi connectivity index (χ0) is 12.3. The molecule has 0 saturated heterocycles. The summed E-state index contributed by atoms with van der Waals surface area (Å²) in [7, 11) is 1.51. The van der Waals surface area contributed by atoms with Gasteiger partial charge in [0.25, 0.3) is 0 Å². The zero-order valence-electron chi connectivity index (χ0n) is 9.75. The molecule has 2 aromatic rings. The molecule has 0 atom stereocenters. The fraction of sp³-hybridized carbons (Fsp3) is 0.250. The van der Waals surface area contributed by atoms with E-state index in [1.807, 2.05) is 6.92 Å². The van der Waals surface area contributed by atoms with Gasteiger partial charge in [-0.05, 0) is 19.1 Å². The van der Waals surface area contributed by atoms with Crippen LogP contribution in [0.3, 0.4) is 0 Å². The highest BCUT2D eigenvalue weighted by molar-refractivity contribution is 5.56. The van der Waals surface area contributed by atoms with Crippen LogP contribution in [0.5, 0.6) is 5.75 Å². The number of ether oxygens (including phenoxy) is 1. The maximum absolute atomic E-state index is 13.0. The summed E-state index contributed by atoms with van der Waals surface area (Å²) in [5, 5.41) is 3.16. The first-order chi connectivity index (χ1) is 8.20. The van der Waals surface area contributed by atoms with Gasteiger partial charge in [0.1, 0.15) is 11.6 Å². The number of hydrogen-bond donors (Lipinski definition) is 2. The van der Waals surface area contributed by atoms with Gasteiger partial charge in [-0.3, -0.25) is 0 Å². The summed E-state index contributed by atoms with van der Waals surface area (Å²) in [6.07, 6.45) is 1.65. The van der Waals surface area contributed by atoms with Crippen LogP contribution in [0.15, 0.2) is 24.5 Å². The fourth-order valence-electron chi connectivity index (χ4n) is 1.56. The molecule has 2 rings (SSSR count). The Morgan fingerprint density at radius 2 is 2.29 bits per heavy atom. The average molecular weight is 235 g/mol. The summed E-state index contributed by atoms with van der Waals surface area (Å²) in [6, 6.07) is 4.39. The van der Waals surface area contributed by atoms with E-state index in [0.717, 1.165) is 17.1 Å². The lowest BCUT2D eigenvalue weighted by Gasteiger charge is -2.10. The van der Waals surface area contributed by atoms with Gasteiger partial charge in [0.15, 0.2) is 0 Å². The molecule has 2 N–H and O–H groups in total. The number of hydrogen-bond acceptors (Lipinski definition) is 3. The highest BCUT2D eigenvalue weighted by atomic mass is 19.1. The highest BCUT2D eigenvalue weighted by Gasteiger charge is 2.06. The topological polar surface area (TPSA) is 49.9 Å². The minimum atomic E-state index is -0.316. The Hall–Kier alpha value is -2.04. The van der Waals surface area contributed by atoms with Crippen LogP contribution in [0.4, 0.5) is 10.1 Å². The fourth-order valence-corrected chi connectivity index (χ4v) is 1.56. The molecule has 0 bridgehead atoms. The van der Waals surface area contributed by atoms with Gasteiger partial charge in [0, 0.05) is 11.8 Å². The minimum absolute atomic E-state index is 0.316. The van der Waals surface area contributed by atoms with Crippen molar-refractivity contribution in [3.05, 3.63) is 41.7 Å². The molecule has 0 aliphatic carbocycles. The lowest BCUT2D eigenvalue weighted by Crippen LogP contribution is -2.03. The molecule has 0 radical (unpaired) electrons. The Morgan fingerprint density at radius 1 is 1.47 bits per heavy atom. The van der Waals surface area contributed by atoms with E-state index in [1.54, 1.807) is 12.4 Å². The molecule has 5 heteroatoms. The number of imidazole rings is 1. The number of anilines is 1. The van der Waals surface area contributed by atoms with Crippen LogP contribution in [0.2, 0.25) is 0 Å². The van der Waals surface area contributed by atoms with E-state index >= 15 is 0 Å². The van der Waals surface area contributed by atoms with E-state index < -0.39 is 0 Å². The third-order valence-electron chi connectivity index (χ3n) is 2.54. The van der Waals surface area contributed by atoms with Gasteiger partial charge >= 0.3 is 0 Å². The molecule has 0 spiro atoms. The molecule has 1 aromatic carbocycles. The van der Waals surface area contributed by atoms with Crippen LogP contribution >= 0.6 is 0 Å². The normalized spacial score (nSPS) is 10.3. The number of H-pyrrole nitrogens is 1. The predicted octanol–water partition coefficient (Wildman–Crippen LogP) is 2.48. The van der Waals surface area contributed by atoms with E-state index in [4.69, 9.17) is 4.74 Å². The van der Waals surface area contributed by atoms with Crippen LogP contribution < -0.4 is 10.1 Å². The van der Waals surface area contributed by atoms with Gasteiger partial charge in [-0.25, -0.2) is 9.37 Å². The molecule has 1 heterocycles. The summed E-state index contributed by atoms with van der Waals surface area (Å²) in [5.41, 5.74) is 2.69. The third-order valence-corrected chi connectivity index (χ3v) is 2.54. The number of aromatic amines is 1. The zero-order valence-corrected chi connectivity index (χ0v) is 9.75. The van der Waals surface area contributed by atoms with Crippen molar-refractivity contribution in [3.63, 3.8) is 0 Å². The monoisotopic (exact) mass is 235 g/mol. The van der Waals surface area contributed by atoms with Crippen LogP contribution in [0.1, 0.15) is 11.4 Å². The van der Waals surface area contributed by atoms with Crippen LogP contribution in [-0.2, 0) is 6.54 Å². The smallest absolute Gasteiger partial charge is 0.144 e. The van der Waals surface area contributed by atoms with Crippen LogP contribution in [0, 0.1) is 12.7 Å². The van der Waals surface area contributed by atoms with Crippen LogP contribution in [-0.4, -0.2) is 17.1 Å². The van der Waals surface area contributed by atoms with Crippen molar-refractivity contribution in [1.82, 2.24) is 9.97 Å². The highest BCUT2D eigenvalue weighted by Crippen LogP contribution is 2.25. The van der Waals surface area contributed by atoms with Crippen molar-refractivity contribution in [2.45, 2.75) is 13.5 Å². The molecule has 0 saturated carbocycles. The van der Waals surface area contributed by atoms with Crippen molar-refractivity contribution >= 4 is 5.69 Å². The van der Waals surface area contributed by atoms with E-state index in [-0.39, 0.29) is 5.82 Å². The third kappa shape index (κ3) is 2.55. The Bertz CT molecular complexity index is 510. The Morgan fingerprint density at radius 3 is 2.94 bits per heavy atom. The second-order valence-electron chi connectivity index (χ2n) is 3.67. The molecular formula is C12H14FN3O. The number of benzene rings is 1. The Balaban J connectivity index is 2.11. The van der Waals surface area contributed by atoms with E-state index in [2.05, 4.69) is 15.3 Å². The van der Waals surface area contributed by atoms with Gasteiger partial charge in [0.2, 0.25) is 0 Å². The standard InChI is InChI=1S/C12H14FN3O/c1-8-11(16-7-15-8)6-14-10-4-3-9(13)5-12(10)17-2/h3-5,7,14H,6H2,1-2H3,(H,15,16). The summed E-state index contributed by atoms with van der Waals surface area (Å²) < 4.78 is 18.1. The molecule has 4 nitrogen and oxygen atoms in total. The molecule has 0 aliphatic heterocycles. The molecule has 0 unspecified atom stereocenters. The Kier molecular flexibility index (Phi) is 3.27. The van der Waals surface area contributed by atoms with Gasteiger partial charge in [-0.15, -0.1) is 0 Å².